The molecule has 5 heteroatoms. The van der Waals surface area contributed by atoms with Crippen molar-refractivity contribution in [3.05, 3.63) is 12.2 Å². The van der Waals surface area contributed by atoms with Crippen LogP contribution < -0.4 is 0 Å². The third kappa shape index (κ3) is 4.15. The zero-order chi connectivity index (χ0) is 30.5. The molecular formula is C37H61ClNO3+. The number of hydrogen-bond acceptors (Lipinski definition) is 2. The summed E-state index contributed by atoms with van der Waals surface area (Å²) < 4.78 is 6.57. The van der Waals surface area contributed by atoms with Crippen molar-refractivity contribution < 1.29 is 19.1 Å². The van der Waals surface area contributed by atoms with Gasteiger partial charge in [-0.05, 0) is 128 Å². The van der Waals surface area contributed by atoms with E-state index in [9.17, 15) is 9.90 Å². The third-order valence-electron chi connectivity index (χ3n) is 16.4. The molecule has 0 aromatic rings. The van der Waals surface area contributed by atoms with Crippen molar-refractivity contribution in [3.63, 3.8) is 0 Å². The Morgan fingerprint density at radius 3 is 2.31 bits per heavy atom. The molecule has 4 nitrogen and oxygen atoms in total. The summed E-state index contributed by atoms with van der Waals surface area (Å²) in [4.78, 5) is 12.1. The standard InChI is InChI=1S/C37H60ClNO3/c1-24(2)25-11-14-34(5)17-18-36(7)27(32(25)34)9-10-30-35(6)15-12-26(33(3,4)29(35)13-16-37(30,36)8)28-22-42-20-19-39(28,23-38)21-31(40)41/h25-30,32H,1,9-23H2,2-8H3/p+1/t25-,26?,27+,28?,29-,30+,32+,34+,35-,36+,37+,39?/m0/s1. The highest BCUT2D eigenvalue weighted by Gasteiger charge is 2.71. The van der Waals surface area contributed by atoms with Gasteiger partial charge in [-0.3, -0.25) is 4.48 Å². The molecule has 6 fully saturated rings. The lowest BCUT2D eigenvalue weighted by Gasteiger charge is -2.73. The fourth-order valence-corrected chi connectivity index (χ4v) is 14.5. The normalized spacial score (nSPS) is 53.3. The number of carbonyl (C=O) groups is 1. The van der Waals surface area contributed by atoms with Crippen LogP contribution in [0.15, 0.2) is 12.2 Å². The summed E-state index contributed by atoms with van der Waals surface area (Å²) in [5.41, 5.74) is 3.16. The number of quaternary nitrogens is 1. The summed E-state index contributed by atoms with van der Waals surface area (Å²) in [6.07, 6.45) is 13.4. The van der Waals surface area contributed by atoms with Gasteiger partial charge in [0.25, 0.3) is 0 Å². The Morgan fingerprint density at radius 1 is 0.905 bits per heavy atom. The molecule has 0 radical (unpaired) electrons. The molecule has 0 amide bonds. The van der Waals surface area contributed by atoms with E-state index >= 15 is 0 Å². The number of halogens is 1. The van der Waals surface area contributed by atoms with Gasteiger partial charge in [-0.2, -0.15) is 0 Å². The minimum absolute atomic E-state index is 0.109. The predicted molar refractivity (Wildman–Crippen MR) is 171 cm³/mol. The maximum absolute atomic E-state index is 12.1. The van der Waals surface area contributed by atoms with Crippen LogP contribution in [0.4, 0.5) is 0 Å². The fraction of sp³-hybridized carbons (Fsp3) is 0.919. The maximum atomic E-state index is 12.1. The van der Waals surface area contributed by atoms with Crippen molar-refractivity contribution in [2.45, 2.75) is 119 Å². The number of rotatable bonds is 5. The molecule has 6 rings (SSSR count). The number of hydrogen-bond donors (Lipinski definition) is 1. The van der Waals surface area contributed by atoms with Gasteiger partial charge >= 0.3 is 5.97 Å². The first kappa shape index (κ1) is 31.4. The fourth-order valence-electron chi connectivity index (χ4n) is 14.1. The van der Waals surface area contributed by atoms with Crippen LogP contribution in [-0.4, -0.2) is 53.9 Å². The summed E-state index contributed by atoms with van der Waals surface area (Å²) in [7, 11) is 0. The minimum atomic E-state index is -0.737. The Bertz CT molecular complexity index is 1110. The van der Waals surface area contributed by atoms with Crippen LogP contribution in [0.3, 0.4) is 0 Å². The minimum Gasteiger partial charge on any atom is -0.477 e. The van der Waals surface area contributed by atoms with E-state index in [1.54, 1.807) is 0 Å². The van der Waals surface area contributed by atoms with E-state index in [1.165, 1.54) is 63.4 Å². The van der Waals surface area contributed by atoms with E-state index in [0.717, 1.165) is 24.2 Å². The van der Waals surface area contributed by atoms with Gasteiger partial charge in [-0.25, -0.2) is 4.79 Å². The van der Waals surface area contributed by atoms with Crippen LogP contribution in [0.5, 0.6) is 0 Å². The average molecular weight is 603 g/mol. The van der Waals surface area contributed by atoms with E-state index in [-0.39, 0.29) is 18.0 Å². The highest BCUT2D eigenvalue weighted by molar-refractivity contribution is 6.17. The van der Waals surface area contributed by atoms with Crippen molar-refractivity contribution in [1.29, 1.82) is 0 Å². The number of carboxylic acids is 1. The molecule has 1 aliphatic heterocycles. The van der Waals surface area contributed by atoms with Crippen LogP contribution in [0.25, 0.3) is 0 Å². The van der Waals surface area contributed by atoms with Gasteiger partial charge in [0.05, 0.1) is 13.2 Å². The molecule has 42 heavy (non-hydrogen) atoms. The zero-order valence-corrected chi connectivity index (χ0v) is 28.7. The number of morpholine rings is 1. The topological polar surface area (TPSA) is 46.5 Å². The Kier molecular flexibility index (Phi) is 7.64. The number of allylic oxidation sites excluding steroid dienone is 1. The van der Waals surface area contributed by atoms with Crippen LogP contribution in [0, 0.1) is 62.6 Å². The first-order chi connectivity index (χ1) is 19.6. The lowest BCUT2D eigenvalue weighted by atomic mass is 9.32. The second kappa shape index (κ2) is 10.2. The van der Waals surface area contributed by atoms with Gasteiger partial charge in [0, 0.05) is 5.92 Å². The zero-order valence-electron chi connectivity index (χ0n) is 27.9. The molecule has 3 unspecified atom stereocenters. The lowest BCUT2D eigenvalue weighted by Crippen LogP contribution is -2.70. The molecule has 5 aliphatic carbocycles. The number of carboxylic acid groups (broad SMARTS) is 1. The molecule has 1 heterocycles. The van der Waals surface area contributed by atoms with Crippen LogP contribution in [0.1, 0.15) is 113 Å². The molecule has 238 valence electrons. The molecule has 1 saturated heterocycles. The SMILES string of the molecule is C=C(C)[C@@H]1CC[C@]2(C)CC[C@]3(C)[C@H](CC[C@@H]4[C@@]5(C)CCC(C6COCC[N+]6(CCl)CC(=O)O)C(C)(C)[C@@H]5CC[C@]43C)[C@@H]12. The van der Waals surface area contributed by atoms with Gasteiger partial charge in [0.1, 0.15) is 12.6 Å². The summed E-state index contributed by atoms with van der Waals surface area (Å²) in [5.74, 6) is 3.44. The first-order valence-electron chi connectivity index (χ1n) is 17.5. The Morgan fingerprint density at radius 2 is 1.64 bits per heavy atom. The quantitative estimate of drug-likeness (QED) is 0.148. The average Bonchev–Trinajstić information content (AvgIpc) is 3.27. The monoisotopic (exact) mass is 602 g/mol. The van der Waals surface area contributed by atoms with E-state index in [1.807, 2.05) is 0 Å². The van der Waals surface area contributed by atoms with Crippen LogP contribution in [0.2, 0.25) is 0 Å². The van der Waals surface area contributed by atoms with E-state index < -0.39 is 5.97 Å². The molecule has 0 aromatic heterocycles. The van der Waals surface area contributed by atoms with Gasteiger partial charge in [0.15, 0.2) is 12.5 Å². The van der Waals surface area contributed by atoms with Gasteiger partial charge in [-0.1, -0.05) is 65.3 Å². The van der Waals surface area contributed by atoms with Gasteiger partial charge < -0.3 is 9.84 Å². The smallest absolute Gasteiger partial charge is 0.359 e. The highest BCUT2D eigenvalue weighted by Crippen LogP contribution is 2.78. The molecule has 6 aliphatic rings. The van der Waals surface area contributed by atoms with Gasteiger partial charge in [-0.15, -0.1) is 0 Å². The third-order valence-corrected chi connectivity index (χ3v) is 16.9. The summed E-state index contributed by atoms with van der Waals surface area (Å²) >= 11 is 6.67. The number of fused-ring (bicyclic) bond motifs is 7. The van der Waals surface area contributed by atoms with Gasteiger partial charge in [0.2, 0.25) is 0 Å². The summed E-state index contributed by atoms with van der Waals surface area (Å²) in [6.45, 7) is 24.8. The molecule has 1 N–H and O–H groups in total. The van der Waals surface area contributed by atoms with Crippen molar-refractivity contribution in [2.75, 3.05) is 32.3 Å². The number of aliphatic carboxylic acids is 1. The number of alkyl halides is 1. The largest absolute Gasteiger partial charge is 0.477 e. The molecular weight excluding hydrogens is 542 g/mol. The number of nitrogens with zero attached hydrogens (tertiary/aromatic N) is 1. The second-order valence-electron chi connectivity index (χ2n) is 18.1. The van der Waals surface area contributed by atoms with E-state index in [2.05, 4.69) is 55.0 Å². The Labute approximate surface area is 261 Å². The van der Waals surface area contributed by atoms with Crippen LogP contribution >= 0.6 is 11.6 Å². The van der Waals surface area contributed by atoms with Crippen molar-refractivity contribution in [1.82, 2.24) is 0 Å². The summed E-state index contributed by atoms with van der Waals surface area (Å²) in [5, 5.41) is 9.91. The van der Waals surface area contributed by atoms with Crippen molar-refractivity contribution in [3.8, 4) is 0 Å². The second-order valence-corrected chi connectivity index (χ2v) is 18.3. The Hall–Kier alpha value is -0.580. The molecule has 0 spiro atoms. The number of ether oxygens (including phenoxy) is 1. The first-order valence-corrected chi connectivity index (χ1v) is 18.0. The van der Waals surface area contributed by atoms with E-state index in [4.69, 9.17) is 16.3 Å². The van der Waals surface area contributed by atoms with Crippen LogP contribution in [-0.2, 0) is 9.53 Å². The maximum Gasteiger partial charge on any atom is 0.359 e. The van der Waals surface area contributed by atoms with Crippen molar-refractivity contribution in [2.24, 2.45) is 62.6 Å². The predicted octanol–water partition coefficient (Wildman–Crippen LogP) is 8.78. The lowest BCUT2D eigenvalue weighted by molar-refractivity contribution is -0.947. The van der Waals surface area contributed by atoms with Crippen molar-refractivity contribution >= 4 is 17.6 Å². The highest BCUT2D eigenvalue weighted by atomic mass is 35.5. The summed E-state index contributed by atoms with van der Waals surface area (Å²) in [6, 6.07) is 0.520. The molecule has 0 aromatic carbocycles. The molecule has 5 saturated carbocycles. The van der Waals surface area contributed by atoms with E-state index in [0.29, 0.717) is 69.7 Å². The molecule has 12 atom stereocenters. The molecule has 0 bridgehead atoms. The Balaban J connectivity index is 1.32.